The second-order valence-corrected chi connectivity index (χ2v) is 9.50. The van der Waals surface area contributed by atoms with Crippen molar-refractivity contribution < 1.29 is 18.0 Å². The number of sulfonamides is 1. The van der Waals surface area contributed by atoms with Crippen LogP contribution in [-0.4, -0.2) is 26.3 Å². The highest BCUT2D eigenvalue weighted by Gasteiger charge is 2.42. The summed E-state index contributed by atoms with van der Waals surface area (Å²) >= 11 is 6.01. The van der Waals surface area contributed by atoms with Crippen LogP contribution in [0.2, 0.25) is 5.02 Å². The number of amides is 2. The Hall–Kier alpha value is -3.36. The first kappa shape index (κ1) is 21.9. The quantitative estimate of drug-likeness (QED) is 0.577. The van der Waals surface area contributed by atoms with E-state index in [2.05, 4.69) is 10.6 Å². The molecule has 0 saturated carbocycles. The third-order valence-corrected chi connectivity index (χ3v) is 7.10. The van der Waals surface area contributed by atoms with Gasteiger partial charge >= 0.3 is 0 Å². The zero-order valence-electron chi connectivity index (χ0n) is 16.9. The first-order valence-electron chi connectivity index (χ1n) is 9.87. The van der Waals surface area contributed by atoms with Crippen molar-refractivity contribution in [3.05, 3.63) is 89.4 Å². The second kappa shape index (κ2) is 9.02. The first-order valence-corrected chi connectivity index (χ1v) is 11.7. The van der Waals surface area contributed by atoms with E-state index in [1.54, 1.807) is 30.3 Å². The Kier molecular flexibility index (Phi) is 6.16. The van der Waals surface area contributed by atoms with Gasteiger partial charge in [-0.15, -0.1) is 0 Å². The molecule has 1 atom stereocenters. The molecule has 0 spiro atoms. The zero-order chi connectivity index (χ0) is 22.7. The van der Waals surface area contributed by atoms with Gasteiger partial charge in [-0.1, -0.05) is 60.1 Å². The minimum atomic E-state index is -4.18. The summed E-state index contributed by atoms with van der Waals surface area (Å²) in [5.41, 5.74) is 1.53. The topological polar surface area (TPSA) is 95.6 Å². The number of fused-ring (bicyclic) bond motifs is 1. The molecule has 164 valence electrons. The van der Waals surface area contributed by atoms with Crippen LogP contribution in [-0.2, 0) is 26.2 Å². The molecule has 7 nitrogen and oxygen atoms in total. The number of hydrogen-bond acceptors (Lipinski definition) is 4. The molecule has 0 aliphatic carbocycles. The molecule has 1 heterocycles. The Morgan fingerprint density at radius 3 is 2.47 bits per heavy atom. The van der Waals surface area contributed by atoms with Crippen molar-refractivity contribution in [1.82, 2.24) is 5.32 Å². The molecule has 2 amide bonds. The van der Waals surface area contributed by atoms with Gasteiger partial charge in [0.1, 0.15) is 6.04 Å². The van der Waals surface area contributed by atoms with Gasteiger partial charge < -0.3 is 10.6 Å². The van der Waals surface area contributed by atoms with E-state index < -0.39 is 27.9 Å². The molecule has 1 aliphatic heterocycles. The highest BCUT2D eigenvalue weighted by atomic mass is 35.5. The normalized spacial score (nSPS) is 15.6. The summed E-state index contributed by atoms with van der Waals surface area (Å²) in [4.78, 5) is 25.5. The number of carbonyl (C=O) groups is 2. The molecular weight excluding hydrogens is 450 g/mol. The zero-order valence-corrected chi connectivity index (χ0v) is 18.4. The summed E-state index contributed by atoms with van der Waals surface area (Å²) in [7, 11) is -4.18. The van der Waals surface area contributed by atoms with Gasteiger partial charge in [-0.25, -0.2) is 8.42 Å². The number of nitrogens with one attached hydrogen (secondary N) is 2. The van der Waals surface area contributed by atoms with Crippen molar-refractivity contribution in [3.8, 4) is 0 Å². The summed E-state index contributed by atoms with van der Waals surface area (Å²) in [5, 5.41) is 5.70. The van der Waals surface area contributed by atoms with Gasteiger partial charge in [0, 0.05) is 11.6 Å². The van der Waals surface area contributed by atoms with Crippen molar-refractivity contribution in [2.75, 3.05) is 9.62 Å². The van der Waals surface area contributed by atoms with E-state index in [9.17, 15) is 18.0 Å². The first-order chi connectivity index (χ1) is 15.4. The van der Waals surface area contributed by atoms with Gasteiger partial charge in [-0.2, -0.15) is 0 Å². The Morgan fingerprint density at radius 1 is 1.00 bits per heavy atom. The third kappa shape index (κ3) is 4.46. The molecular formula is C23H20ClN3O4S. The Labute approximate surface area is 191 Å². The van der Waals surface area contributed by atoms with E-state index in [0.29, 0.717) is 5.69 Å². The summed E-state index contributed by atoms with van der Waals surface area (Å²) in [5.74, 6) is -1.02. The highest BCUT2D eigenvalue weighted by molar-refractivity contribution is 7.93. The molecule has 3 aromatic rings. The van der Waals surface area contributed by atoms with Crippen LogP contribution in [0.4, 0.5) is 11.4 Å². The summed E-state index contributed by atoms with van der Waals surface area (Å²) in [6.45, 7) is 0.269. The maximum Gasteiger partial charge on any atom is 0.265 e. The maximum absolute atomic E-state index is 13.6. The van der Waals surface area contributed by atoms with Crippen molar-refractivity contribution in [1.29, 1.82) is 0 Å². The molecule has 0 radical (unpaired) electrons. The minimum absolute atomic E-state index is 0.0656. The number of para-hydroxylation sites is 2. The van der Waals surface area contributed by atoms with Crippen LogP contribution in [0.15, 0.2) is 83.8 Å². The monoisotopic (exact) mass is 469 g/mol. The SMILES string of the molecule is O=C(C[C@@H]1C(=O)Nc2ccccc2N1S(=O)(=O)c1cccc(Cl)c1)NCc1ccccc1. The molecule has 1 aliphatic rings. The number of anilines is 2. The van der Waals surface area contributed by atoms with Crippen LogP contribution >= 0.6 is 11.6 Å². The lowest BCUT2D eigenvalue weighted by molar-refractivity contribution is -0.125. The number of halogens is 1. The molecule has 0 unspecified atom stereocenters. The highest BCUT2D eigenvalue weighted by Crippen LogP contribution is 2.37. The largest absolute Gasteiger partial charge is 0.352 e. The number of nitrogens with zero attached hydrogens (tertiary/aromatic N) is 1. The van der Waals surface area contributed by atoms with Gasteiger partial charge in [-0.3, -0.25) is 13.9 Å². The van der Waals surface area contributed by atoms with Crippen molar-refractivity contribution >= 4 is 44.8 Å². The third-order valence-electron chi connectivity index (χ3n) is 5.05. The van der Waals surface area contributed by atoms with E-state index in [4.69, 9.17) is 11.6 Å². The van der Waals surface area contributed by atoms with Crippen molar-refractivity contribution in [3.63, 3.8) is 0 Å². The molecule has 0 saturated heterocycles. The Morgan fingerprint density at radius 2 is 1.72 bits per heavy atom. The van der Waals surface area contributed by atoms with E-state index in [0.717, 1.165) is 9.87 Å². The van der Waals surface area contributed by atoms with Gasteiger partial charge in [0.2, 0.25) is 11.8 Å². The van der Waals surface area contributed by atoms with Gasteiger partial charge in [0.05, 0.1) is 22.7 Å². The maximum atomic E-state index is 13.6. The van der Waals surface area contributed by atoms with Crippen molar-refractivity contribution in [2.45, 2.75) is 23.9 Å². The predicted molar refractivity (Wildman–Crippen MR) is 123 cm³/mol. The average Bonchev–Trinajstić information content (AvgIpc) is 2.78. The van der Waals surface area contributed by atoms with Crippen LogP contribution in [0.5, 0.6) is 0 Å². The Balaban J connectivity index is 1.66. The fourth-order valence-electron chi connectivity index (χ4n) is 3.52. The molecule has 0 fully saturated rings. The molecule has 3 aromatic carbocycles. The van der Waals surface area contributed by atoms with E-state index in [-0.39, 0.29) is 28.6 Å². The number of carbonyl (C=O) groups excluding carboxylic acids is 2. The number of rotatable bonds is 6. The fourth-order valence-corrected chi connectivity index (χ4v) is 5.45. The minimum Gasteiger partial charge on any atom is -0.352 e. The molecule has 32 heavy (non-hydrogen) atoms. The molecule has 4 rings (SSSR count). The molecule has 9 heteroatoms. The summed E-state index contributed by atoms with van der Waals surface area (Å²) in [6.07, 6.45) is -0.340. The van der Waals surface area contributed by atoms with Crippen molar-refractivity contribution in [2.24, 2.45) is 0 Å². The standard InChI is InChI=1S/C23H20ClN3O4S/c24-17-9-6-10-18(13-17)32(30,31)27-20-12-5-4-11-19(20)26-23(29)21(27)14-22(28)25-15-16-7-2-1-3-8-16/h1-13,21H,14-15H2,(H,25,28)(H,26,29)/t21-/m1/s1. The van der Waals surface area contributed by atoms with Gasteiger partial charge in [0.25, 0.3) is 10.0 Å². The number of hydrogen-bond donors (Lipinski definition) is 2. The van der Waals surface area contributed by atoms with Crippen LogP contribution in [0.3, 0.4) is 0 Å². The van der Waals surface area contributed by atoms with Gasteiger partial charge in [0.15, 0.2) is 0 Å². The Bertz CT molecular complexity index is 1260. The lowest BCUT2D eigenvalue weighted by Gasteiger charge is -2.36. The second-order valence-electron chi connectivity index (χ2n) is 7.25. The summed E-state index contributed by atoms with van der Waals surface area (Å²) in [6, 6.07) is 20.4. The van der Waals surface area contributed by atoms with Crippen LogP contribution in [0, 0.1) is 0 Å². The van der Waals surface area contributed by atoms with E-state index in [1.165, 1.54) is 18.2 Å². The molecule has 0 bridgehead atoms. The van der Waals surface area contributed by atoms with E-state index >= 15 is 0 Å². The van der Waals surface area contributed by atoms with Crippen LogP contribution in [0.25, 0.3) is 0 Å². The lowest BCUT2D eigenvalue weighted by atomic mass is 10.1. The number of benzene rings is 3. The average molecular weight is 470 g/mol. The van der Waals surface area contributed by atoms with E-state index in [1.807, 2.05) is 30.3 Å². The molecule has 2 N–H and O–H groups in total. The lowest BCUT2D eigenvalue weighted by Crippen LogP contribution is -2.52. The smallest absolute Gasteiger partial charge is 0.265 e. The predicted octanol–water partition coefficient (Wildman–Crippen LogP) is 3.56. The summed E-state index contributed by atoms with van der Waals surface area (Å²) < 4.78 is 28.2. The van der Waals surface area contributed by atoms with Crippen LogP contribution in [0.1, 0.15) is 12.0 Å². The van der Waals surface area contributed by atoms with Gasteiger partial charge in [-0.05, 0) is 35.9 Å². The fraction of sp³-hybridized carbons (Fsp3) is 0.130. The van der Waals surface area contributed by atoms with Crippen LogP contribution < -0.4 is 14.9 Å². The molecule has 0 aromatic heterocycles.